The summed E-state index contributed by atoms with van der Waals surface area (Å²) in [6.07, 6.45) is 4.43. The van der Waals surface area contributed by atoms with Crippen molar-refractivity contribution >= 4 is 29.1 Å². The van der Waals surface area contributed by atoms with E-state index in [1.54, 1.807) is 0 Å². The van der Waals surface area contributed by atoms with E-state index in [0.29, 0.717) is 0 Å². The molecule has 0 fully saturated rings. The van der Waals surface area contributed by atoms with E-state index in [2.05, 4.69) is 41.4 Å². The number of quaternary nitrogens is 1. The highest BCUT2D eigenvalue weighted by Gasteiger charge is 2.30. The molecule has 19 heavy (non-hydrogen) atoms. The van der Waals surface area contributed by atoms with Crippen LogP contribution in [0.4, 0.5) is 5.69 Å². The molecule has 0 radical (unpaired) electrons. The average Bonchev–Trinajstić information content (AvgIpc) is 2.72. The van der Waals surface area contributed by atoms with Crippen molar-refractivity contribution in [1.29, 1.82) is 0 Å². The Morgan fingerprint density at radius 1 is 1.32 bits per heavy atom. The zero-order valence-corrected chi connectivity index (χ0v) is 12.3. The Labute approximate surface area is 120 Å². The number of rotatable bonds is 5. The van der Waals surface area contributed by atoms with Gasteiger partial charge in [-0.1, -0.05) is 43.8 Å². The van der Waals surface area contributed by atoms with Gasteiger partial charge in [0.05, 0.1) is 5.69 Å². The zero-order valence-electron chi connectivity index (χ0n) is 11.5. The Balaban J connectivity index is 2.09. The molecule has 2 rings (SSSR count). The highest BCUT2D eigenvalue weighted by molar-refractivity contribution is 7.81. The third-order valence-corrected chi connectivity index (χ3v) is 3.57. The molecule has 1 aliphatic heterocycles. The second kappa shape index (κ2) is 6.59. The standard InChI is InChI=1S/C15H19N3S/c1-3-4-10-16-11-14-12(2)17-18(15(14)19)13-8-6-5-7-9-13/h5-9,11,17H,3-4,10H2,1-2H3/p+2. The number of unbranched alkanes of at least 4 members (excludes halogenated alkanes) is 1. The van der Waals surface area contributed by atoms with Crippen molar-refractivity contribution in [2.45, 2.75) is 26.7 Å². The van der Waals surface area contributed by atoms with Crippen LogP contribution >= 0.6 is 12.2 Å². The number of anilines is 1. The van der Waals surface area contributed by atoms with Crippen LogP contribution in [-0.2, 0) is 0 Å². The Bertz CT molecular complexity index is 505. The van der Waals surface area contributed by atoms with E-state index >= 15 is 0 Å². The summed E-state index contributed by atoms with van der Waals surface area (Å²) in [6.45, 7) is 5.29. The molecule has 0 atom stereocenters. The summed E-state index contributed by atoms with van der Waals surface area (Å²) < 4.78 is 0. The van der Waals surface area contributed by atoms with Crippen molar-refractivity contribution in [3.05, 3.63) is 41.6 Å². The summed E-state index contributed by atoms with van der Waals surface area (Å²) >= 11 is 5.56. The average molecular weight is 275 g/mol. The molecular weight excluding hydrogens is 254 g/mol. The number of hydrogen-bond acceptors (Lipinski definition) is 1. The summed E-state index contributed by atoms with van der Waals surface area (Å²) in [7, 11) is 0. The van der Waals surface area contributed by atoms with Crippen LogP contribution in [0, 0.1) is 0 Å². The van der Waals surface area contributed by atoms with Crippen molar-refractivity contribution in [2.24, 2.45) is 0 Å². The minimum absolute atomic E-state index is 0.868. The summed E-state index contributed by atoms with van der Waals surface area (Å²) in [5.41, 5.74) is 5.54. The Kier molecular flexibility index (Phi) is 4.82. The number of hydrogen-bond donors (Lipinski definition) is 2. The van der Waals surface area contributed by atoms with Gasteiger partial charge in [-0.2, -0.15) is 5.01 Å². The number of benzene rings is 1. The topological polar surface area (TPSA) is 33.8 Å². The number of nitrogens with zero attached hydrogens (tertiary/aromatic N) is 1. The molecule has 0 saturated carbocycles. The second-order valence-corrected chi connectivity index (χ2v) is 5.08. The van der Waals surface area contributed by atoms with Crippen molar-refractivity contribution in [3.63, 3.8) is 0 Å². The predicted molar refractivity (Wildman–Crippen MR) is 82.9 cm³/mol. The molecule has 3 N–H and O–H groups in total. The highest BCUT2D eigenvalue weighted by Crippen LogP contribution is 2.16. The van der Waals surface area contributed by atoms with Crippen molar-refractivity contribution < 1.29 is 10.4 Å². The first-order valence-electron chi connectivity index (χ1n) is 6.75. The fraction of sp³-hybridized carbons (Fsp3) is 0.333. The molecule has 4 heteroatoms. The van der Waals surface area contributed by atoms with Crippen LogP contribution in [0.3, 0.4) is 0 Å². The number of nitrogens with two attached hydrogens (primary N) is 1. The number of allylic oxidation sites excluding steroid dienone is 1. The van der Waals surface area contributed by atoms with E-state index in [1.807, 2.05) is 24.4 Å². The largest absolute Gasteiger partial charge is 0.247 e. The van der Waals surface area contributed by atoms with Gasteiger partial charge in [-0.25, -0.2) is 10.4 Å². The summed E-state index contributed by atoms with van der Waals surface area (Å²) in [6, 6.07) is 10.2. The van der Waals surface area contributed by atoms with Gasteiger partial charge in [0.1, 0.15) is 17.8 Å². The lowest BCUT2D eigenvalue weighted by Gasteiger charge is -2.14. The fourth-order valence-corrected chi connectivity index (χ4v) is 2.41. The summed E-state index contributed by atoms with van der Waals surface area (Å²) in [5.74, 6) is 0. The normalized spacial score (nSPS) is 15.9. The van der Waals surface area contributed by atoms with E-state index in [4.69, 9.17) is 12.2 Å². The molecule has 0 aromatic heterocycles. The maximum absolute atomic E-state index is 5.56. The van der Waals surface area contributed by atoms with Crippen LogP contribution in [-0.4, -0.2) is 17.7 Å². The Morgan fingerprint density at radius 2 is 2.05 bits per heavy atom. The van der Waals surface area contributed by atoms with E-state index in [-0.39, 0.29) is 0 Å². The molecule has 0 amide bonds. The first kappa shape index (κ1) is 13.9. The van der Waals surface area contributed by atoms with Gasteiger partial charge in [0.15, 0.2) is 11.2 Å². The summed E-state index contributed by atoms with van der Waals surface area (Å²) in [4.78, 5) is 4.21. The lowest BCUT2D eigenvalue weighted by molar-refractivity contribution is -0.600. The minimum Gasteiger partial charge on any atom is -0.247 e. The molecule has 100 valence electrons. The molecule has 3 nitrogen and oxygen atoms in total. The van der Waals surface area contributed by atoms with Crippen molar-refractivity contribution in [1.82, 2.24) is 0 Å². The van der Waals surface area contributed by atoms with Crippen LogP contribution in [0.5, 0.6) is 0 Å². The van der Waals surface area contributed by atoms with Crippen LogP contribution in [0.1, 0.15) is 26.7 Å². The first-order chi connectivity index (χ1) is 9.24. The van der Waals surface area contributed by atoms with Gasteiger partial charge >= 0.3 is 0 Å². The second-order valence-electron chi connectivity index (χ2n) is 4.69. The smallest absolute Gasteiger partial charge is 0.178 e. The Morgan fingerprint density at radius 3 is 2.74 bits per heavy atom. The number of thiocarbonyl (C=S) groups is 1. The Hall–Kier alpha value is -1.52. The van der Waals surface area contributed by atoms with Gasteiger partial charge in [0, 0.05) is 13.3 Å². The molecule has 1 aromatic carbocycles. The number of nitrogens with one attached hydrogen (secondary N) is 1. The van der Waals surface area contributed by atoms with Gasteiger partial charge in [-0.15, -0.1) is 0 Å². The van der Waals surface area contributed by atoms with E-state index in [9.17, 15) is 0 Å². The van der Waals surface area contributed by atoms with Gasteiger partial charge in [0.25, 0.3) is 0 Å². The molecule has 1 aliphatic rings. The molecule has 1 aromatic rings. The highest BCUT2D eigenvalue weighted by atomic mass is 32.1. The predicted octanol–water partition coefficient (Wildman–Crippen LogP) is 0.538. The van der Waals surface area contributed by atoms with Gasteiger partial charge in [-0.05, 0) is 12.1 Å². The third kappa shape index (κ3) is 3.28. The van der Waals surface area contributed by atoms with Gasteiger partial charge < -0.3 is 0 Å². The van der Waals surface area contributed by atoms with Crippen LogP contribution in [0.25, 0.3) is 0 Å². The van der Waals surface area contributed by atoms with Crippen molar-refractivity contribution in [2.75, 3.05) is 11.6 Å². The molecule has 0 spiro atoms. The third-order valence-electron chi connectivity index (χ3n) is 3.15. The van der Waals surface area contributed by atoms with E-state index in [0.717, 1.165) is 22.8 Å². The molecule has 1 heterocycles. The lowest BCUT2D eigenvalue weighted by Crippen LogP contribution is -2.90. The summed E-state index contributed by atoms with van der Waals surface area (Å²) in [5, 5.41) is 2.07. The minimum atomic E-state index is 0.868. The van der Waals surface area contributed by atoms with Crippen LogP contribution in [0.2, 0.25) is 0 Å². The monoisotopic (exact) mass is 275 g/mol. The van der Waals surface area contributed by atoms with Gasteiger partial charge in [0.2, 0.25) is 0 Å². The lowest BCUT2D eigenvalue weighted by atomic mass is 10.2. The quantitative estimate of drug-likeness (QED) is 0.356. The maximum Gasteiger partial charge on any atom is 0.178 e. The van der Waals surface area contributed by atoms with Gasteiger partial charge in [-0.3, -0.25) is 0 Å². The van der Waals surface area contributed by atoms with Crippen molar-refractivity contribution in [3.8, 4) is 0 Å². The molecule has 0 aliphatic carbocycles. The first-order valence-corrected chi connectivity index (χ1v) is 7.16. The van der Waals surface area contributed by atoms with Crippen LogP contribution < -0.4 is 15.4 Å². The molecular formula is C15H21N3S+2. The van der Waals surface area contributed by atoms with Crippen LogP contribution in [0.15, 0.2) is 41.6 Å². The maximum atomic E-state index is 5.56. The zero-order chi connectivity index (χ0) is 13.7. The van der Waals surface area contributed by atoms with E-state index in [1.165, 1.54) is 18.5 Å². The molecule has 0 bridgehead atoms. The number of para-hydroxylation sites is 1. The SMILES string of the molecule is CCCC[NH+]=CC1=C(C)[NH2+]N(c2ccccc2)C1=S. The molecule has 0 unspecified atom stereocenters. The fourth-order valence-electron chi connectivity index (χ4n) is 2.03. The molecule has 0 saturated heterocycles. The van der Waals surface area contributed by atoms with E-state index < -0.39 is 0 Å².